The van der Waals surface area contributed by atoms with Gasteiger partial charge in [0.2, 0.25) is 0 Å². The molecule has 0 aliphatic carbocycles. The van der Waals surface area contributed by atoms with Gasteiger partial charge < -0.3 is 10.1 Å². The average Bonchev–Trinajstić information content (AvgIpc) is 2.47. The van der Waals surface area contributed by atoms with Gasteiger partial charge in [-0.3, -0.25) is 0 Å². The molecule has 1 atom stereocenters. The maximum atomic E-state index is 13.4. The van der Waals surface area contributed by atoms with Gasteiger partial charge in [0.25, 0.3) is 0 Å². The Kier molecular flexibility index (Phi) is 5.17. The van der Waals surface area contributed by atoms with Crippen LogP contribution in [0.2, 0.25) is 0 Å². The third kappa shape index (κ3) is 3.93. The first kappa shape index (κ1) is 15.8. The largest absolute Gasteiger partial charge is 0.465 e. The second-order valence-electron chi connectivity index (χ2n) is 4.60. The Hall–Kier alpha value is -1.63. The van der Waals surface area contributed by atoms with Crippen LogP contribution in [0.1, 0.15) is 28.9 Å². The van der Waals surface area contributed by atoms with Crippen LogP contribution in [0, 0.1) is 9.39 Å². The van der Waals surface area contributed by atoms with E-state index >= 15 is 0 Å². The van der Waals surface area contributed by atoms with Crippen molar-refractivity contribution in [2.24, 2.45) is 0 Å². The minimum absolute atomic E-state index is 0.0628. The first-order valence-corrected chi connectivity index (χ1v) is 7.49. The highest BCUT2D eigenvalue weighted by Crippen LogP contribution is 2.24. The van der Waals surface area contributed by atoms with Crippen molar-refractivity contribution in [1.82, 2.24) is 0 Å². The zero-order valence-electron chi connectivity index (χ0n) is 11.7. The second-order valence-corrected chi connectivity index (χ2v) is 5.84. The lowest BCUT2D eigenvalue weighted by atomic mass is 10.1. The Morgan fingerprint density at radius 2 is 1.90 bits per heavy atom. The van der Waals surface area contributed by atoms with Crippen molar-refractivity contribution >= 4 is 34.2 Å². The Labute approximate surface area is 136 Å². The molecule has 0 saturated carbocycles. The number of ether oxygens (including phenoxy) is 1. The molecular weight excluding hydrogens is 384 g/mol. The van der Waals surface area contributed by atoms with Crippen LogP contribution in [0.5, 0.6) is 0 Å². The van der Waals surface area contributed by atoms with Gasteiger partial charge in [0, 0.05) is 9.61 Å². The molecule has 0 saturated heterocycles. The highest BCUT2D eigenvalue weighted by Gasteiger charge is 2.15. The van der Waals surface area contributed by atoms with E-state index in [9.17, 15) is 9.18 Å². The van der Waals surface area contributed by atoms with Gasteiger partial charge in [0.15, 0.2) is 0 Å². The molecule has 5 heteroatoms. The predicted octanol–water partition coefficient (Wildman–Crippen LogP) is 4.39. The van der Waals surface area contributed by atoms with Gasteiger partial charge in [-0.15, -0.1) is 0 Å². The maximum Gasteiger partial charge on any atom is 0.339 e. The summed E-state index contributed by atoms with van der Waals surface area (Å²) in [5.41, 5.74) is 1.79. The SMILES string of the molecule is COC(=O)c1ccc(F)cc1NC(C)c1ccc(I)cc1. The Bertz CT molecular complexity index is 643. The molecule has 0 amide bonds. The first-order valence-electron chi connectivity index (χ1n) is 6.41. The molecule has 0 heterocycles. The van der Waals surface area contributed by atoms with E-state index in [1.54, 1.807) is 0 Å². The summed E-state index contributed by atoms with van der Waals surface area (Å²) in [5, 5.41) is 3.16. The zero-order chi connectivity index (χ0) is 15.4. The van der Waals surface area contributed by atoms with Crippen LogP contribution in [0.25, 0.3) is 0 Å². The lowest BCUT2D eigenvalue weighted by molar-refractivity contribution is 0.0601. The van der Waals surface area contributed by atoms with Gasteiger partial charge in [0.05, 0.1) is 18.4 Å². The van der Waals surface area contributed by atoms with Crippen LogP contribution in [0.4, 0.5) is 10.1 Å². The van der Waals surface area contributed by atoms with E-state index in [-0.39, 0.29) is 6.04 Å². The van der Waals surface area contributed by atoms with Crippen molar-refractivity contribution in [3.05, 3.63) is 63.0 Å². The normalized spacial score (nSPS) is 11.8. The van der Waals surface area contributed by atoms with Crippen molar-refractivity contribution in [2.75, 3.05) is 12.4 Å². The molecule has 0 bridgehead atoms. The summed E-state index contributed by atoms with van der Waals surface area (Å²) in [6.45, 7) is 1.95. The lowest BCUT2D eigenvalue weighted by Crippen LogP contribution is -2.12. The van der Waals surface area contributed by atoms with E-state index in [2.05, 4.69) is 27.9 Å². The number of benzene rings is 2. The third-order valence-corrected chi connectivity index (χ3v) is 3.85. The number of carbonyl (C=O) groups is 1. The van der Waals surface area contributed by atoms with E-state index in [0.29, 0.717) is 11.3 Å². The number of methoxy groups -OCH3 is 1. The van der Waals surface area contributed by atoms with Crippen molar-refractivity contribution < 1.29 is 13.9 Å². The van der Waals surface area contributed by atoms with Gasteiger partial charge >= 0.3 is 5.97 Å². The fourth-order valence-corrected chi connectivity index (χ4v) is 2.35. The molecule has 110 valence electrons. The van der Waals surface area contributed by atoms with Gasteiger partial charge in [-0.1, -0.05) is 12.1 Å². The summed E-state index contributed by atoms with van der Waals surface area (Å²) in [4.78, 5) is 11.7. The van der Waals surface area contributed by atoms with Crippen molar-refractivity contribution in [1.29, 1.82) is 0 Å². The molecule has 2 aromatic carbocycles. The van der Waals surface area contributed by atoms with Crippen LogP contribution < -0.4 is 5.32 Å². The Balaban J connectivity index is 2.27. The van der Waals surface area contributed by atoms with E-state index in [4.69, 9.17) is 4.74 Å². The first-order chi connectivity index (χ1) is 10.0. The van der Waals surface area contributed by atoms with Crippen molar-refractivity contribution in [3.8, 4) is 0 Å². The molecule has 0 aromatic heterocycles. The monoisotopic (exact) mass is 399 g/mol. The second kappa shape index (κ2) is 6.89. The molecule has 0 radical (unpaired) electrons. The topological polar surface area (TPSA) is 38.3 Å². The summed E-state index contributed by atoms with van der Waals surface area (Å²) < 4.78 is 19.3. The number of anilines is 1. The van der Waals surface area contributed by atoms with Crippen LogP contribution in [-0.4, -0.2) is 13.1 Å². The molecule has 0 spiro atoms. The van der Waals surface area contributed by atoms with Crippen LogP contribution >= 0.6 is 22.6 Å². The third-order valence-electron chi connectivity index (χ3n) is 3.13. The smallest absolute Gasteiger partial charge is 0.339 e. The number of rotatable bonds is 4. The van der Waals surface area contributed by atoms with E-state index in [0.717, 1.165) is 9.13 Å². The Morgan fingerprint density at radius 3 is 2.52 bits per heavy atom. The summed E-state index contributed by atoms with van der Waals surface area (Å²) >= 11 is 2.24. The number of halogens is 2. The van der Waals surface area contributed by atoms with Gasteiger partial charge in [0.1, 0.15) is 5.82 Å². The Morgan fingerprint density at radius 1 is 1.24 bits per heavy atom. The molecule has 1 unspecified atom stereocenters. The number of nitrogens with one attached hydrogen (secondary N) is 1. The summed E-state index contributed by atoms with van der Waals surface area (Å²) in [6.07, 6.45) is 0. The number of carbonyl (C=O) groups excluding carboxylic acids is 1. The zero-order valence-corrected chi connectivity index (χ0v) is 13.8. The van der Waals surface area contributed by atoms with E-state index in [1.807, 2.05) is 31.2 Å². The number of hydrogen-bond donors (Lipinski definition) is 1. The van der Waals surface area contributed by atoms with Crippen LogP contribution in [0.3, 0.4) is 0 Å². The highest BCUT2D eigenvalue weighted by atomic mass is 127. The summed E-state index contributed by atoms with van der Waals surface area (Å²) in [7, 11) is 1.30. The maximum absolute atomic E-state index is 13.4. The molecule has 0 aliphatic heterocycles. The van der Waals surface area contributed by atoms with Gasteiger partial charge in [-0.25, -0.2) is 9.18 Å². The minimum atomic E-state index is -0.493. The summed E-state index contributed by atoms with van der Waals surface area (Å²) in [6, 6.07) is 11.9. The number of hydrogen-bond acceptors (Lipinski definition) is 3. The van der Waals surface area contributed by atoms with Gasteiger partial charge in [-0.2, -0.15) is 0 Å². The molecule has 0 aliphatic rings. The van der Waals surface area contributed by atoms with Gasteiger partial charge in [-0.05, 0) is 65.4 Å². The molecule has 2 aromatic rings. The molecule has 21 heavy (non-hydrogen) atoms. The van der Waals surface area contributed by atoms with Crippen molar-refractivity contribution in [2.45, 2.75) is 13.0 Å². The van der Waals surface area contributed by atoms with E-state index in [1.165, 1.54) is 25.3 Å². The van der Waals surface area contributed by atoms with Crippen LogP contribution in [-0.2, 0) is 4.74 Å². The summed E-state index contributed by atoms with van der Waals surface area (Å²) in [5.74, 6) is -0.896. The molecular formula is C16H15FINO2. The predicted molar refractivity (Wildman–Crippen MR) is 88.9 cm³/mol. The molecule has 2 rings (SSSR count). The van der Waals surface area contributed by atoms with E-state index < -0.39 is 11.8 Å². The highest BCUT2D eigenvalue weighted by molar-refractivity contribution is 14.1. The standard InChI is InChI=1S/C16H15FINO2/c1-10(11-3-6-13(18)7-4-11)19-15-9-12(17)5-8-14(15)16(20)21-2/h3-10,19H,1-2H3. The number of esters is 1. The van der Waals surface area contributed by atoms with Crippen molar-refractivity contribution in [3.63, 3.8) is 0 Å². The fourth-order valence-electron chi connectivity index (χ4n) is 1.99. The molecule has 0 fully saturated rings. The molecule has 1 N–H and O–H groups in total. The average molecular weight is 399 g/mol. The molecule has 3 nitrogen and oxygen atoms in total. The fraction of sp³-hybridized carbons (Fsp3) is 0.188. The minimum Gasteiger partial charge on any atom is -0.465 e. The quantitative estimate of drug-likeness (QED) is 0.612. The lowest BCUT2D eigenvalue weighted by Gasteiger charge is -2.18. The van der Waals surface area contributed by atoms with Crippen LogP contribution in [0.15, 0.2) is 42.5 Å².